The van der Waals surface area contributed by atoms with E-state index < -0.39 is 21.7 Å². The van der Waals surface area contributed by atoms with Crippen LogP contribution in [-0.4, -0.2) is 8.42 Å². The molecule has 2 aromatic carbocycles. The van der Waals surface area contributed by atoms with Crippen molar-refractivity contribution in [2.45, 2.75) is 4.90 Å². The van der Waals surface area contributed by atoms with Crippen LogP contribution >= 0.6 is 31.9 Å². The topological polar surface area (TPSA) is 46.2 Å². The van der Waals surface area contributed by atoms with Crippen molar-refractivity contribution in [1.82, 2.24) is 0 Å². The molecule has 0 aromatic heterocycles. The van der Waals surface area contributed by atoms with Crippen molar-refractivity contribution in [1.29, 1.82) is 0 Å². The Morgan fingerprint density at radius 2 is 1.65 bits per heavy atom. The Bertz CT molecular complexity index is 746. The van der Waals surface area contributed by atoms with E-state index in [1.165, 1.54) is 24.3 Å². The van der Waals surface area contributed by atoms with Gasteiger partial charge in [-0.05, 0) is 62.2 Å². The van der Waals surface area contributed by atoms with Crippen molar-refractivity contribution in [3.8, 4) is 0 Å². The van der Waals surface area contributed by atoms with Crippen LogP contribution in [0.15, 0.2) is 50.2 Å². The van der Waals surface area contributed by atoms with E-state index in [4.69, 9.17) is 0 Å². The van der Waals surface area contributed by atoms with Crippen molar-refractivity contribution < 1.29 is 17.2 Å². The highest BCUT2D eigenvalue weighted by molar-refractivity contribution is 9.10. The first kappa shape index (κ1) is 15.4. The fourth-order valence-electron chi connectivity index (χ4n) is 1.43. The van der Waals surface area contributed by atoms with E-state index >= 15 is 0 Å². The molecule has 0 heterocycles. The zero-order chi connectivity index (χ0) is 14.9. The van der Waals surface area contributed by atoms with Gasteiger partial charge in [0.1, 0.15) is 11.6 Å². The highest BCUT2D eigenvalue weighted by Gasteiger charge is 2.19. The summed E-state index contributed by atoms with van der Waals surface area (Å²) in [5.41, 5.74) is -0.226. The van der Waals surface area contributed by atoms with Crippen LogP contribution in [0, 0.1) is 11.6 Å². The van der Waals surface area contributed by atoms with E-state index in [0.717, 1.165) is 12.1 Å². The maximum Gasteiger partial charge on any atom is 0.262 e. The summed E-state index contributed by atoms with van der Waals surface area (Å²) in [5, 5.41) is 0. The normalized spacial score (nSPS) is 11.4. The quantitative estimate of drug-likeness (QED) is 0.795. The van der Waals surface area contributed by atoms with Crippen LogP contribution in [0.5, 0.6) is 0 Å². The summed E-state index contributed by atoms with van der Waals surface area (Å²) in [7, 11) is -4.08. The van der Waals surface area contributed by atoms with E-state index in [1.54, 1.807) is 0 Å². The molecule has 0 amide bonds. The Balaban J connectivity index is 2.43. The van der Waals surface area contributed by atoms with Crippen LogP contribution in [0.2, 0.25) is 0 Å². The number of halogens is 4. The van der Waals surface area contributed by atoms with Crippen LogP contribution < -0.4 is 4.72 Å². The maximum atomic E-state index is 13.6. The molecule has 0 saturated heterocycles. The fraction of sp³-hybridized carbons (Fsp3) is 0. The third kappa shape index (κ3) is 3.18. The lowest BCUT2D eigenvalue weighted by Crippen LogP contribution is -2.14. The molecule has 2 aromatic rings. The van der Waals surface area contributed by atoms with Crippen LogP contribution in [0.4, 0.5) is 14.5 Å². The van der Waals surface area contributed by atoms with Crippen molar-refractivity contribution in [2.24, 2.45) is 0 Å². The molecular formula is C12H7Br2F2NO2S. The van der Waals surface area contributed by atoms with E-state index in [1.807, 2.05) is 0 Å². The molecule has 0 fully saturated rings. The van der Waals surface area contributed by atoms with E-state index in [-0.39, 0.29) is 19.5 Å². The molecule has 8 heteroatoms. The number of nitrogens with one attached hydrogen (secondary N) is 1. The fourth-order valence-corrected chi connectivity index (χ4v) is 3.35. The second-order valence-electron chi connectivity index (χ2n) is 3.78. The Morgan fingerprint density at radius 3 is 2.25 bits per heavy atom. The van der Waals surface area contributed by atoms with Gasteiger partial charge in [0.15, 0.2) is 0 Å². The second kappa shape index (κ2) is 5.79. The monoisotopic (exact) mass is 425 g/mol. The highest BCUT2D eigenvalue weighted by atomic mass is 79.9. The molecular weight excluding hydrogens is 420 g/mol. The molecule has 3 nitrogen and oxygen atoms in total. The average molecular weight is 427 g/mol. The zero-order valence-corrected chi connectivity index (χ0v) is 13.7. The van der Waals surface area contributed by atoms with Gasteiger partial charge >= 0.3 is 0 Å². The van der Waals surface area contributed by atoms with Gasteiger partial charge in [-0.25, -0.2) is 17.2 Å². The molecule has 0 aliphatic rings. The summed E-state index contributed by atoms with van der Waals surface area (Å²) in [4.78, 5) is -0.298. The number of para-hydroxylation sites is 1. The first-order valence-corrected chi connectivity index (χ1v) is 8.30. The van der Waals surface area contributed by atoms with Crippen molar-refractivity contribution >= 4 is 47.6 Å². The molecule has 0 aliphatic heterocycles. The van der Waals surface area contributed by atoms with E-state index in [2.05, 4.69) is 36.6 Å². The molecule has 0 radical (unpaired) electrons. The predicted molar refractivity (Wildman–Crippen MR) is 79.0 cm³/mol. The van der Waals surface area contributed by atoms with Gasteiger partial charge in [-0.3, -0.25) is 4.72 Å². The summed E-state index contributed by atoms with van der Waals surface area (Å²) in [5.74, 6) is -1.46. The Kier molecular flexibility index (Phi) is 4.46. The van der Waals surface area contributed by atoms with Gasteiger partial charge in [-0.1, -0.05) is 6.07 Å². The summed E-state index contributed by atoms with van der Waals surface area (Å²) >= 11 is 5.98. The van der Waals surface area contributed by atoms with Crippen molar-refractivity contribution in [3.63, 3.8) is 0 Å². The molecule has 2 rings (SSSR count). The Hall–Kier alpha value is -0.990. The summed E-state index contributed by atoms with van der Waals surface area (Å²) in [6.45, 7) is 0. The molecule has 0 unspecified atom stereocenters. The molecule has 0 spiro atoms. The molecule has 1 N–H and O–H groups in total. The molecule has 106 valence electrons. The molecule has 0 atom stereocenters. The lowest BCUT2D eigenvalue weighted by Gasteiger charge is -2.11. The second-order valence-corrected chi connectivity index (χ2v) is 7.17. The van der Waals surface area contributed by atoms with Crippen LogP contribution in [0.1, 0.15) is 0 Å². The smallest absolute Gasteiger partial charge is 0.262 e. The van der Waals surface area contributed by atoms with Crippen LogP contribution in [-0.2, 0) is 10.0 Å². The Labute approximate surface area is 131 Å². The molecule has 20 heavy (non-hydrogen) atoms. The van der Waals surface area contributed by atoms with Gasteiger partial charge in [-0.2, -0.15) is 0 Å². The minimum absolute atomic E-state index is 0.142. The molecule has 0 aliphatic carbocycles. The first-order chi connectivity index (χ1) is 9.31. The Morgan fingerprint density at radius 1 is 0.950 bits per heavy atom. The maximum absolute atomic E-state index is 13.6. The van der Waals surface area contributed by atoms with Gasteiger partial charge in [0.05, 0.1) is 15.1 Å². The number of anilines is 1. The SMILES string of the molecule is O=S(=O)(Nc1c(F)cccc1Br)c1ccc(Br)c(F)c1. The third-order valence-electron chi connectivity index (χ3n) is 2.40. The zero-order valence-electron chi connectivity index (χ0n) is 9.70. The van der Waals surface area contributed by atoms with Crippen molar-refractivity contribution in [3.05, 3.63) is 57.0 Å². The number of benzene rings is 2. The summed E-state index contributed by atoms with van der Waals surface area (Å²) in [6.07, 6.45) is 0. The van der Waals surface area contributed by atoms with Crippen molar-refractivity contribution in [2.75, 3.05) is 4.72 Å². The van der Waals surface area contributed by atoms with Crippen LogP contribution in [0.25, 0.3) is 0 Å². The minimum atomic E-state index is -4.08. The summed E-state index contributed by atoms with van der Waals surface area (Å²) < 4.78 is 53.6. The standard InChI is InChI=1S/C12H7Br2F2NO2S/c13-8-5-4-7(6-11(8)16)20(18,19)17-12-9(14)2-1-3-10(12)15/h1-6,17H. The van der Waals surface area contributed by atoms with Gasteiger partial charge in [0.2, 0.25) is 0 Å². The highest BCUT2D eigenvalue weighted by Crippen LogP contribution is 2.28. The average Bonchev–Trinajstić information content (AvgIpc) is 2.37. The van der Waals surface area contributed by atoms with Gasteiger partial charge in [-0.15, -0.1) is 0 Å². The lowest BCUT2D eigenvalue weighted by atomic mass is 10.3. The van der Waals surface area contributed by atoms with Gasteiger partial charge in [0, 0.05) is 4.47 Å². The number of hydrogen-bond donors (Lipinski definition) is 1. The number of rotatable bonds is 3. The van der Waals surface area contributed by atoms with Crippen LogP contribution in [0.3, 0.4) is 0 Å². The lowest BCUT2D eigenvalue weighted by molar-refractivity contribution is 0.592. The van der Waals surface area contributed by atoms with Gasteiger partial charge < -0.3 is 0 Å². The predicted octanol–water partition coefficient (Wildman–Crippen LogP) is 4.29. The summed E-state index contributed by atoms with van der Waals surface area (Å²) in [6, 6.07) is 7.36. The number of sulfonamides is 1. The number of hydrogen-bond acceptors (Lipinski definition) is 2. The molecule has 0 saturated carbocycles. The largest absolute Gasteiger partial charge is 0.275 e. The first-order valence-electron chi connectivity index (χ1n) is 5.23. The minimum Gasteiger partial charge on any atom is -0.275 e. The third-order valence-corrected chi connectivity index (χ3v) is 5.05. The molecule has 0 bridgehead atoms. The van der Waals surface area contributed by atoms with E-state index in [0.29, 0.717) is 0 Å². The van der Waals surface area contributed by atoms with Gasteiger partial charge in [0.25, 0.3) is 10.0 Å². The van der Waals surface area contributed by atoms with E-state index in [9.17, 15) is 17.2 Å².